The molecule has 2 N–H and O–H groups in total. The molecule has 0 rings (SSSR count). The van der Waals surface area contributed by atoms with Gasteiger partial charge in [0.15, 0.2) is 6.29 Å². The van der Waals surface area contributed by atoms with Gasteiger partial charge in [-0.05, 0) is 5.41 Å². The Morgan fingerprint density at radius 1 is 1.09 bits per heavy atom. The fourth-order valence-corrected chi connectivity index (χ4v) is 0.798. The molecule has 0 spiro atoms. The molecule has 0 aliphatic carbocycles. The molecule has 0 amide bonds. The number of rotatable bonds is 3. The van der Waals surface area contributed by atoms with Gasteiger partial charge in [0.2, 0.25) is 0 Å². The van der Waals surface area contributed by atoms with Crippen molar-refractivity contribution in [2.75, 3.05) is 14.2 Å². The molecule has 0 aromatic heterocycles. The third-order valence-electron chi connectivity index (χ3n) is 1.76. The van der Waals surface area contributed by atoms with E-state index in [1.807, 2.05) is 0 Å². The summed E-state index contributed by atoms with van der Waals surface area (Å²) in [4.78, 5) is 0. The van der Waals surface area contributed by atoms with Crippen LogP contribution in [0.3, 0.4) is 0 Å². The molecule has 11 heavy (non-hydrogen) atoms. The van der Waals surface area contributed by atoms with Crippen LogP contribution in [0.2, 0.25) is 0 Å². The molecule has 0 saturated heterocycles. The Hall–Kier alpha value is -0.120. The molecule has 0 heterocycles. The van der Waals surface area contributed by atoms with Crippen LogP contribution in [0.15, 0.2) is 0 Å². The predicted octanol–water partition coefficient (Wildman–Crippen LogP) is 0.979. The molecule has 0 bridgehead atoms. The van der Waals surface area contributed by atoms with Crippen LogP contribution in [-0.4, -0.2) is 26.6 Å². The smallest absolute Gasteiger partial charge is 0.172 e. The van der Waals surface area contributed by atoms with E-state index >= 15 is 0 Å². The van der Waals surface area contributed by atoms with Gasteiger partial charge in [-0.25, -0.2) is 0 Å². The van der Waals surface area contributed by atoms with Crippen molar-refractivity contribution in [1.82, 2.24) is 0 Å². The summed E-state index contributed by atoms with van der Waals surface area (Å²) in [5.41, 5.74) is 5.88. The molecule has 0 saturated carbocycles. The van der Waals surface area contributed by atoms with E-state index in [1.54, 1.807) is 14.2 Å². The lowest BCUT2D eigenvalue weighted by Gasteiger charge is -2.31. The van der Waals surface area contributed by atoms with Crippen LogP contribution >= 0.6 is 0 Å². The standard InChI is InChI=1S/C8H19NO2/c1-8(2,3)6(9)7(10-4)11-5/h6-7H,9H2,1-5H3. The van der Waals surface area contributed by atoms with Crippen molar-refractivity contribution in [2.45, 2.75) is 33.1 Å². The van der Waals surface area contributed by atoms with Crippen molar-refractivity contribution < 1.29 is 9.47 Å². The normalized spacial score (nSPS) is 15.5. The second-order valence-corrected chi connectivity index (χ2v) is 3.73. The van der Waals surface area contributed by atoms with E-state index in [0.29, 0.717) is 0 Å². The molecular weight excluding hydrogens is 142 g/mol. The monoisotopic (exact) mass is 161 g/mol. The molecule has 3 nitrogen and oxygen atoms in total. The van der Waals surface area contributed by atoms with Gasteiger partial charge in [-0.15, -0.1) is 0 Å². The van der Waals surface area contributed by atoms with Crippen LogP contribution in [0, 0.1) is 5.41 Å². The average Bonchev–Trinajstić information content (AvgIpc) is 1.88. The molecule has 0 aromatic carbocycles. The van der Waals surface area contributed by atoms with Gasteiger partial charge < -0.3 is 15.2 Å². The van der Waals surface area contributed by atoms with Gasteiger partial charge in [-0.2, -0.15) is 0 Å². The Balaban J connectivity index is 4.09. The zero-order chi connectivity index (χ0) is 9.07. The largest absolute Gasteiger partial charge is 0.354 e. The third-order valence-corrected chi connectivity index (χ3v) is 1.76. The summed E-state index contributed by atoms with van der Waals surface area (Å²) in [6, 6.07) is -0.0995. The number of nitrogens with two attached hydrogens (primary N) is 1. The van der Waals surface area contributed by atoms with Gasteiger partial charge in [0.05, 0.1) is 6.04 Å². The van der Waals surface area contributed by atoms with Gasteiger partial charge in [-0.3, -0.25) is 0 Å². The first-order chi connectivity index (χ1) is 4.93. The summed E-state index contributed by atoms with van der Waals surface area (Å²) in [5, 5.41) is 0. The van der Waals surface area contributed by atoms with Gasteiger partial charge in [0.25, 0.3) is 0 Å². The molecular formula is C8H19NO2. The van der Waals surface area contributed by atoms with Gasteiger partial charge >= 0.3 is 0 Å². The van der Waals surface area contributed by atoms with Crippen LogP contribution in [0.25, 0.3) is 0 Å². The zero-order valence-corrected chi connectivity index (χ0v) is 8.05. The minimum Gasteiger partial charge on any atom is -0.354 e. The Morgan fingerprint density at radius 2 is 1.45 bits per heavy atom. The van der Waals surface area contributed by atoms with Crippen molar-refractivity contribution in [3.8, 4) is 0 Å². The molecule has 3 heteroatoms. The fraction of sp³-hybridized carbons (Fsp3) is 1.00. The van der Waals surface area contributed by atoms with E-state index in [2.05, 4.69) is 20.8 Å². The minimum absolute atomic E-state index is 0.0106. The van der Waals surface area contributed by atoms with E-state index in [9.17, 15) is 0 Å². The minimum atomic E-state index is -0.310. The molecule has 0 aliphatic rings. The summed E-state index contributed by atoms with van der Waals surface area (Å²) in [6.45, 7) is 6.17. The third kappa shape index (κ3) is 3.18. The molecule has 1 atom stereocenters. The van der Waals surface area contributed by atoms with Crippen molar-refractivity contribution in [2.24, 2.45) is 11.1 Å². The van der Waals surface area contributed by atoms with Crippen LogP contribution in [-0.2, 0) is 9.47 Å². The van der Waals surface area contributed by atoms with Gasteiger partial charge in [-0.1, -0.05) is 20.8 Å². The van der Waals surface area contributed by atoms with Crippen LogP contribution < -0.4 is 5.73 Å². The Morgan fingerprint density at radius 3 is 1.55 bits per heavy atom. The second-order valence-electron chi connectivity index (χ2n) is 3.73. The highest BCUT2D eigenvalue weighted by Gasteiger charge is 2.28. The number of hydrogen-bond acceptors (Lipinski definition) is 3. The summed E-state index contributed by atoms with van der Waals surface area (Å²) in [6.07, 6.45) is -0.310. The second kappa shape index (κ2) is 4.04. The van der Waals surface area contributed by atoms with Crippen molar-refractivity contribution in [1.29, 1.82) is 0 Å². The van der Waals surface area contributed by atoms with E-state index in [-0.39, 0.29) is 17.7 Å². The highest BCUT2D eigenvalue weighted by Crippen LogP contribution is 2.21. The van der Waals surface area contributed by atoms with E-state index in [4.69, 9.17) is 15.2 Å². The van der Waals surface area contributed by atoms with E-state index in [0.717, 1.165) is 0 Å². The Bertz CT molecular complexity index is 105. The first-order valence-corrected chi connectivity index (χ1v) is 3.74. The predicted molar refractivity (Wildman–Crippen MR) is 45.2 cm³/mol. The molecule has 0 aromatic rings. The molecule has 0 aliphatic heterocycles. The lowest BCUT2D eigenvalue weighted by atomic mass is 9.87. The Labute approximate surface area is 68.9 Å². The highest BCUT2D eigenvalue weighted by molar-refractivity contribution is 4.79. The first kappa shape index (κ1) is 10.9. The molecule has 0 radical (unpaired) electrons. The number of ether oxygens (including phenoxy) is 2. The molecule has 1 unspecified atom stereocenters. The topological polar surface area (TPSA) is 44.5 Å². The van der Waals surface area contributed by atoms with E-state index < -0.39 is 0 Å². The average molecular weight is 161 g/mol. The number of methoxy groups -OCH3 is 2. The van der Waals surface area contributed by atoms with Gasteiger partial charge in [0.1, 0.15) is 0 Å². The quantitative estimate of drug-likeness (QED) is 0.627. The fourth-order valence-electron chi connectivity index (χ4n) is 0.798. The zero-order valence-electron chi connectivity index (χ0n) is 8.05. The summed E-state index contributed by atoms with van der Waals surface area (Å²) >= 11 is 0. The summed E-state index contributed by atoms with van der Waals surface area (Å²) < 4.78 is 10.1. The highest BCUT2D eigenvalue weighted by atomic mass is 16.7. The number of hydrogen-bond donors (Lipinski definition) is 1. The molecule has 0 fully saturated rings. The van der Waals surface area contributed by atoms with E-state index in [1.165, 1.54) is 0 Å². The van der Waals surface area contributed by atoms with Crippen molar-refractivity contribution in [3.63, 3.8) is 0 Å². The van der Waals surface area contributed by atoms with Crippen LogP contribution in [0.1, 0.15) is 20.8 Å². The lowest BCUT2D eigenvalue weighted by molar-refractivity contribution is -0.133. The van der Waals surface area contributed by atoms with Crippen molar-refractivity contribution in [3.05, 3.63) is 0 Å². The van der Waals surface area contributed by atoms with Crippen LogP contribution in [0.4, 0.5) is 0 Å². The molecule has 68 valence electrons. The maximum Gasteiger partial charge on any atom is 0.172 e. The SMILES string of the molecule is COC(OC)C(N)C(C)(C)C. The van der Waals surface area contributed by atoms with Crippen LogP contribution in [0.5, 0.6) is 0 Å². The van der Waals surface area contributed by atoms with Gasteiger partial charge in [0, 0.05) is 14.2 Å². The maximum atomic E-state index is 5.87. The summed E-state index contributed by atoms with van der Waals surface area (Å²) in [5.74, 6) is 0. The maximum absolute atomic E-state index is 5.87. The first-order valence-electron chi connectivity index (χ1n) is 3.74. The lowest BCUT2D eigenvalue weighted by Crippen LogP contribution is -2.46. The Kier molecular flexibility index (Phi) is 4.00. The van der Waals surface area contributed by atoms with Crippen molar-refractivity contribution >= 4 is 0 Å². The summed E-state index contributed by atoms with van der Waals surface area (Å²) in [7, 11) is 3.19.